The van der Waals surface area contributed by atoms with Crippen LogP contribution in [0.2, 0.25) is 0 Å². The summed E-state index contributed by atoms with van der Waals surface area (Å²) < 4.78 is 11.0. The summed E-state index contributed by atoms with van der Waals surface area (Å²) in [5, 5.41) is 10.5. The number of ether oxygens (including phenoxy) is 2. The van der Waals surface area contributed by atoms with Crippen LogP contribution in [0.4, 0.5) is 0 Å². The van der Waals surface area contributed by atoms with Gasteiger partial charge in [0.25, 0.3) is 0 Å². The summed E-state index contributed by atoms with van der Waals surface area (Å²) in [6, 6.07) is 9.76. The highest BCUT2D eigenvalue weighted by atomic mass is 16.5. The molecule has 130 valence electrons. The maximum Gasteiger partial charge on any atom is 0.126 e. The van der Waals surface area contributed by atoms with E-state index in [0.29, 0.717) is 0 Å². The number of hydrogen-bond acceptors (Lipinski definition) is 6. The van der Waals surface area contributed by atoms with Gasteiger partial charge in [0.05, 0.1) is 20.3 Å². The van der Waals surface area contributed by atoms with Crippen LogP contribution in [0.5, 0.6) is 11.5 Å². The lowest BCUT2D eigenvalue weighted by atomic mass is 9.98. The Bertz CT molecular complexity index is 705. The van der Waals surface area contributed by atoms with Gasteiger partial charge in [0.2, 0.25) is 0 Å². The van der Waals surface area contributed by atoms with Crippen LogP contribution in [0, 0.1) is 0 Å². The Morgan fingerprint density at radius 3 is 2.62 bits per heavy atom. The van der Waals surface area contributed by atoms with Gasteiger partial charge in [-0.15, -0.1) is 0 Å². The number of nitrogens with one attached hydrogen (secondary N) is 1. The van der Waals surface area contributed by atoms with Crippen molar-refractivity contribution in [1.29, 1.82) is 0 Å². The largest absolute Gasteiger partial charge is 0.496 e. The molecule has 7 nitrogen and oxygen atoms in total. The highest BCUT2D eigenvalue weighted by molar-refractivity contribution is 5.90. The topological polar surface area (TPSA) is 98.1 Å². The minimum Gasteiger partial charge on any atom is -0.496 e. The van der Waals surface area contributed by atoms with E-state index in [0.717, 1.165) is 40.8 Å². The van der Waals surface area contributed by atoms with Crippen molar-refractivity contribution in [1.82, 2.24) is 10.4 Å². The number of hydrogen-bond donors (Lipinski definition) is 3. The molecule has 2 aromatic carbocycles. The summed E-state index contributed by atoms with van der Waals surface area (Å²) >= 11 is 0. The average molecular weight is 331 g/mol. The molecule has 7 heteroatoms. The van der Waals surface area contributed by atoms with Crippen LogP contribution < -0.4 is 26.4 Å². The molecule has 0 aliphatic carbocycles. The van der Waals surface area contributed by atoms with E-state index in [1.165, 1.54) is 11.5 Å². The fraction of sp³-hybridized carbons (Fsp3) is 0.353. The predicted octanol–water partition coefficient (Wildman–Crippen LogP) is 1.59. The van der Waals surface area contributed by atoms with Crippen LogP contribution in [0.3, 0.4) is 0 Å². The van der Waals surface area contributed by atoms with Crippen molar-refractivity contribution < 1.29 is 9.47 Å². The molecule has 0 aliphatic heterocycles. The van der Waals surface area contributed by atoms with Crippen molar-refractivity contribution in [3.63, 3.8) is 0 Å². The number of hydrazone groups is 1. The second-order valence-electron chi connectivity index (χ2n) is 5.33. The van der Waals surface area contributed by atoms with E-state index in [1.807, 2.05) is 31.3 Å². The van der Waals surface area contributed by atoms with Gasteiger partial charge >= 0.3 is 0 Å². The fourth-order valence-corrected chi connectivity index (χ4v) is 2.78. The molecule has 24 heavy (non-hydrogen) atoms. The van der Waals surface area contributed by atoms with E-state index in [1.54, 1.807) is 14.2 Å². The predicted molar refractivity (Wildman–Crippen MR) is 97.0 cm³/mol. The summed E-state index contributed by atoms with van der Waals surface area (Å²) in [6.07, 6.45) is 1.93. The fourth-order valence-electron chi connectivity index (χ4n) is 2.78. The van der Waals surface area contributed by atoms with Crippen LogP contribution in [-0.4, -0.2) is 39.3 Å². The number of benzene rings is 2. The lowest BCUT2D eigenvalue weighted by Gasteiger charge is -2.27. The van der Waals surface area contributed by atoms with E-state index in [2.05, 4.69) is 16.5 Å². The SMILES string of the molecule is CNCCC(c1cc2cccc(OC)c2cc1OC)N(N)/N=C\N. The summed E-state index contributed by atoms with van der Waals surface area (Å²) in [4.78, 5) is 0. The first-order valence-corrected chi connectivity index (χ1v) is 7.73. The number of hydrazine groups is 1. The van der Waals surface area contributed by atoms with E-state index in [4.69, 9.17) is 21.1 Å². The van der Waals surface area contributed by atoms with Gasteiger partial charge in [0.15, 0.2) is 0 Å². The molecular weight excluding hydrogens is 306 g/mol. The first kappa shape index (κ1) is 17.8. The normalized spacial score (nSPS) is 12.5. The number of methoxy groups -OCH3 is 2. The molecule has 0 bridgehead atoms. The molecule has 0 saturated heterocycles. The first-order chi connectivity index (χ1) is 11.7. The summed E-state index contributed by atoms with van der Waals surface area (Å²) in [7, 11) is 5.19. The first-order valence-electron chi connectivity index (χ1n) is 7.73. The molecular formula is C17H25N5O2. The zero-order chi connectivity index (χ0) is 17.5. The molecule has 0 spiro atoms. The number of fused-ring (bicyclic) bond motifs is 1. The third-order valence-electron chi connectivity index (χ3n) is 3.96. The van der Waals surface area contributed by atoms with E-state index < -0.39 is 0 Å². The minimum absolute atomic E-state index is 0.178. The number of nitrogens with zero attached hydrogens (tertiary/aromatic N) is 2. The molecule has 0 aromatic heterocycles. The van der Waals surface area contributed by atoms with Gasteiger partial charge < -0.3 is 20.5 Å². The Morgan fingerprint density at radius 2 is 2.00 bits per heavy atom. The van der Waals surface area contributed by atoms with Gasteiger partial charge in [0, 0.05) is 10.9 Å². The Labute approximate surface area is 142 Å². The molecule has 0 fully saturated rings. The molecule has 0 saturated carbocycles. The molecule has 2 rings (SSSR count). The van der Waals surface area contributed by atoms with Crippen molar-refractivity contribution in [2.75, 3.05) is 27.8 Å². The van der Waals surface area contributed by atoms with Crippen LogP contribution in [0.15, 0.2) is 35.4 Å². The van der Waals surface area contributed by atoms with Gasteiger partial charge in [-0.3, -0.25) is 0 Å². The summed E-state index contributed by atoms with van der Waals surface area (Å²) in [5.74, 6) is 7.60. The second-order valence-corrected chi connectivity index (χ2v) is 5.33. The Hall–Kier alpha value is -2.51. The smallest absolute Gasteiger partial charge is 0.126 e. The maximum absolute atomic E-state index is 6.07. The highest BCUT2D eigenvalue weighted by Crippen LogP contribution is 2.37. The van der Waals surface area contributed by atoms with Crippen LogP contribution in [0.25, 0.3) is 10.8 Å². The molecule has 1 unspecified atom stereocenters. The third-order valence-corrected chi connectivity index (χ3v) is 3.96. The molecule has 0 radical (unpaired) electrons. The molecule has 1 atom stereocenters. The quantitative estimate of drug-likeness (QED) is 0.294. The standard InChI is InChI=1S/C17H25N5O2/c1-20-8-7-15(22(19)21-11-18)14-9-12-5-4-6-16(23-2)13(12)10-17(14)24-3/h4-6,9-11,15,20H,7-8,19H2,1-3H3,(H2,18,21). The Morgan fingerprint density at radius 1 is 1.25 bits per heavy atom. The Balaban J connectivity index is 2.57. The highest BCUT2D eigenvalue weighted by Gasteiger charge is 2.22. The van der Waals surface area contributed by atoms with Crippen LogP contribution in [0.1, 0.15) is 18.0 Å². The van der Waals surface area contributed by atoms with Gasteiger partial charge in [-0.25, -0.2) is 11.0 Å². The molecule has 0 aliphatic rings. The lowest BCUT2D eigenvalue weighted by Crippen LogP contribution is -2.33. The van der Waals surface area contributed by atoms with Crippen molar-refractivity contribution >= 4 is 17.1 Å². The van der Waals surface area contributed by atoms with Crippen molar-refractivity contribution in [3.05, 3.63) is 35.9 Å². The summed E-state index contributed by atoms with van der Waals surface area (Å²) in [5.41, 5.74) is 6.34. The third kappa shape index (κ3) is 3.69. The zero-order valence-electron chi connectivity index (χ0n) is 14.3. The lowest BCUT2D eigenvalue weighted by molar-refractivity contribution is 0.197. The zero-order valence-corrected chi connectivity index (χ0v) is 14.3. The average Bonchev–Trinajstić information content (AvgIpc) is 2.61. The van der Waals surface area contributed by atoms with Gasteiger partial charge in [0.1, 0.15) is 17.8 Å². The Kier molecular flexibility index (Phi) is 6.22. The monoisotopic (exact) mass is 331 g/mol. The van der Waals surface area contributed by atoms with Gasteiger partial charge in [-0.1, -0.05) is 12.1 Å². The van der Waals surface area contributed by atoms with Crippen molar-refractivity contribution in [2.45, 2.75) is 12.5 Å². The van der Waals surface area contributed by atoms with E-state index in [9.17, 15) is 0 Å². The minimum atomic E-state index is -0.178. The van der Waals surface area contributed by atoms with Crippen LogP contribution in [-0.2, 0) is 0 Å². The second kappa shape index (κ2) is 8.37. The van der Waals surface area contributed by atoms with Crippen molar-refractivity contribution in [2.24, 2.45) is 16.7 Å². The molecule has 0 amide bonds. The summed E-state index contributed by atoms with van der Waals surface area (Å²) in [6.45, 7) is 0.776. The molecule has 5 N–H and O–H groups in total. The maximum atomic E-state index is 6.07. The molecule has 0 heterocycles. The van der Waals surface area contributed by atoms with Crippen LogP contribution >= 0.6 is 0 Å². The number of rotatable bonds is 8. The van der Waals surface area contributed by atoms with Gasteiger partial charge in [-0.2, -0.15) is 5.10 Å². The van der Waals surface area contributed by atoms with Gasteiger partial charge in [-0.05, 0) is 43.6 Å². The van der Waals surface area contributed by atoms with Crippen molar-refractivity contribution in [3.8, 4) is 11.5 Å². The molecule has 2 aromatic rings. The van der Waals surface area contributed by atoms with E-state index in [-0.39, 0.29) is 6.04 Å². The van der Waals surface area contributed by atoms with E-state index >= 15 is 0 Å². The number of nitrogens with two attached hydrogens (primary N) is 2.